The predicted octanol–water partition coefficient (Wildman–Crippen LogP) is 1.15. The van der Waals surface area contributed by atoms with Gasteiger partial charge in [0.2, 0.25) is 0 Å². The van der Waals surface area contributed by atoms with Crippen molar-refractivity contribution in [2.45, 2.75) is 43.7 Å². The zero-order chi connectivity index (χ0) is 14.4. The summed E-state index contributed by atoms with van der Waals surface area (Å²) in [4.78, 5) is 16.2. The van der Waals surface area contributed by atoms with Crippen molar-refractivity contribution in [2.75, 3.05) is 39.9 Å². The van der Waals surface area contributed by atoms with Crippen LogP contribution in [0.4, 0.5) is 4.79 Å². The number of amides is 2. The highest BCUT2D eigenvalue weighted by atomic mass is 16.5. The fourth-order valence-corrected chi connectivity index (χ4v) is 4.29. The van der Waals surface area contributed by atoms with Gasteiger partial charge in [-0.05, 0) is 32.6 Å². The number of urea groups is 1. The van der Waals surface area contributed by atoms with Crippen molar-refractivity contribution in [3.8, 4) is 0 Å². The third-order valence-electron chi connectivity index (χ3n) is 5.47. The van der Waals surface area contributed by atoms with E-state index in [0.29, 0.717) is 5.06 Å². The number of hydrogen-bond acceptors (Lipinski definition) is 4. The molecular formula is C14H25N3O3. The Labute approximate surface area is 120 Å². The first-order valence-electron chi connectivity index (χ1n) is 7.54. The first-order valence-corrected chi connectivity index (χ1v) is 7.54. The Morgan fingerprint density at radius 3 is 2.55 bits per heavy atom. The zero-order valence-electron chi connectivity index (χ0n) is 12.5. The molecule has 0 aliphatic carbocycles. The highest BCUT2D eigenvalue weighted by Crippen LogP contribution is 2.47. The van der Waals surface area contributed by atoms with Gasteiger partial charge < -0.3 is 9.64 Å². The molecule has 0 aromatic rings. The summed E-state index contributed by atoms with van der Waals surface area (Å²) in [5.41, 5.74) is 0.418. The van der Waals surface area contributed by atoms with Crippen molar-refractivity contribution >= 4 is 6.03 Å². The van der Waals surface area contributed by atoms with Crippen LogP contribution in [0.25, 0.3) is 0 Å². The topological polar surface area (TPSA) is 56.3 Å². The minimum Gasteiger partial charge on any atom is -0.378 e. The lowest BCUT2D eigenvalue weighted by atomic mass is 9.85. The molecule has 0 radical (unpaired) electrons. The van der Waals surface area contributed by atoms with E-state index >= 15 is 0 Å². The lowest BCUT2D eigenvalue weighted by Crippen LogP contribution is -2.62. The van der Waals surface area contributed by atoms with Crippen LogP contribution in [0.2, 0.25) is 0 Å². The second-order valence-electron chi connectivity index (χ2n) is 6.72. The number of carbonyl (C=O) groups is 1. The van der Waals surface area contributed by atoms with E-state index < -0.39 is 0 Å². The summed E-state index contributed by atoms with van der Waals surface area (Å²) in [6.45, 7) is 6.43. The maximum absolute atomic E-state index is 11.8. The molecule has 3 fully saturated rings. The summed E-state index contributed by atoms with van der Waals surface area (Å²) in [5.74, 6) is 0. The summed E-state index contributed by atoms with van der Waals surface area (Å²) >= 11 is 0. The van der Waals surface area contributed by atoms with E-state index in [1.165, 1.54) is 19.9 Å². The minimum absolute atomic E-state index is 0.179. The van der Waals surface area contributed by atoms with Gasteiger partial charge in [-0.25, -0.2) is 9.86 Å². The van der Waals surface area contributed by atoms with E-state index in [2.05, 4.69) is 11.8 Å². The highest BCUT2D eigenvalue weighted by molar-refractivity contribution is 5.72. The third kappa shape index (κ3) is 2.10. The Hall–Kier alpha value is -0.850. The molecule has 3 rings (SSSR count). The summed E-state index contributed by atoms with van der Waals surface area (Å²) in [6, 6.07) is -0.289. The molecule has 2 amide bonds. The Morgan fingerprint density at radius 1 is 1.20 bits per heavy atom. The van der Waals surface area contributed by atoms with E-state index in [4.69, 9.17) is 4.74 Å². The molecule has 20 heavy (non-hydrogen) atoms. The molecular weight excluding hydrogens is 258 g/mol. The molecule has 1 unspecified atom stereocenters. The van der Waals surface area contributed by atoms with Crippen molar-refractivity contribution in [1.29, 1.82) is 0 Å². The number of carbonyl (C=O) groups excluding carboxylic acids is 1. The van der Waals surface area contributed by atoms with Gasteiger partial charge in [0.1, 0.15) is 0 Å². The molecule has 0 saturated carbocycles. The summed E-state index contributed by atoms with van der Waals surface area (Å²) in [5, 5.41) is 9.96. The number of hydroxylamine groups is 2. The number of nitrogens with zero attached hydrogens (tertiary/aromatic N) is 3. The van der Waals surface area contributed by atoms with Crippen LogP contribution in [-0.4, -0.2) is 77.1 Å². The second-order valence-corrected chi connectivity index (χ2v) is 6.72. The average Bonchev–Trinajstić information content (AvgIpc) is 2.73. The van der Waals surface area contributed by atoms with Crippen LogP contribution in [0.15, 0.2) is 0 Å². The van der Waals surface area contributed by atoms with Gasteiger partial charge in [-0.15, -0.1) is 0 Å². The number of rotatable bonds is 0. The van der Waals surface area contributed by atoms with E-state index in [1.807, 2.05) is 0 Å². The number of ether oxygens (including phenoxy) is 1. The van der Waals surface area contributed by atoms with E-state index in [1.54, 1.807) is 4.90 Å². The normalized spacial score (nSPS) is 33.2. The van der Waals surface area contributed by atoms with Gasteiger partial charge in [0.15, 0.2) is 0 Å². The first kappa shape index (κ1) is 14.1. The molecule has 3 saturated heterocycles. The molecule has 1 atom stereocenters. The number of fused-ring (bicyclic) bond motifs is 2. The Bertz CT molecular complexity index is 393. The van der Waals surface area contributed by atoms with Crippen LogP contribution in [0.3, 0.4) is 0 Å². The van der Waals surface area contributed by atoms with Gasteiger partial charge in [0.05, 0.1) is 13.2 Å². The molecule has 3 aliphatic rings. The van der Waals surface area contributed by atoms with Crippen LogP contribution in [0, 0.1) is 0 Å². The molecule has 6 heteroatoms. The van der Waals surface area contributed by atoms with Crippen LogP contribution in [0.5, 0.6) is 0 Å². The van der Waals surface area contributed by atoms with Crippen molar-refractivity contribution in [1.82, 2.24) is 14.9 Å². The summed E-state index contributed by atoms with van der Waals surface area (Å²) in [6.07, 6.45) is 4.38. The maximum Gasteiger partial charge on any atom is 0.343 e. The molecule has 3 heterocycles. The Morgan fingerprint density at radius 2 is 1.90 bits per heavy atom. The Kier molecular flexibility index (Phi) is 3.43. The van der Waals surface area contributed by atoms with Crippen molar-refractivity contribution in [3.63, 3.8) is 0 Å². The van der Waals surface area contributed by atoms with E-state index in [9.17, 15) is 10.0 Å². The van der Waals surface area contributed by atoms with Gasteiger partial charge >= 0.3 is 6.03 Å². The molecule has 0 bridgehead atoms. The van der Waals surface area contributed by atoms with Crippen LogP contribution >= 0.6 is 0 Å². The fourth-order valence-electron chi connectivity index (χ4n) is 4.29. The Balaban J connectivity index is 1.69. The third-order valence-corrected chi connectivity index (χ3v) is 5.47. The molecule has 1 N–H and O–H groups in total. The standard InChI is InChI=1S/C14H25N3O3/c1-13-3-4-14(17(13)9-10-20-11-13)5-7-16(8-6-14)12(18)15(2)19/h19H,3-11H2,1-2H3. The SMILES string of the molecule is CN(O)C(=O)N1CCC2(CC1)CCC1(C)COCCN12. The highest BCUT2D eigenvalue weighted by Gasteiger charge is 2.54. The van der Waals surface area contributed by atoms with Gasteiger partial charge in [-0.3, -0.25) is 10.1 Å². The average molecular weight is 283 g/mol. The van der Waals surface area contributed by atoms with Gasteiger partial charge in [0.25, 0.3) is 0 Å². The number of hydrogen-bond donors (Lipinski definition) is 1. The molecule has 0 aromatic heterocycles. The lowest BCUT2D eigenvalue weighted by molar-refractivity contribution is -0.0926. The van der Waals surface area contributed by atoms with Crippen LogP contribution < -0.4 is 0 Å². The first-order chi connectivity index (χ1) is 9.47. The van der Waals surface area contributed by atoms with Crippen molar-refractivity contribution in [2.24, 2.45) is 0 Å². The van der Waals surface area contributed by atoms with Crippen LogP contribution in [0.1, 0.15) is 32.6 Å². The monoisotopic (exact) mass is 283 g/mol. The minimum atomic E-state index is -0.289. The van der Waals surface area contributed by atoms with Gasteiger partial charge in [-0.2, -0.15) is 0 Å². The quantitative estimate of drug-likeness (QED) is 0.535. The van der Waals surface area contributed by atoms with Gasteiger partial charge in [-0.1, -0.05) is 0 Å². The maximum atomic E-state index is 11.8. The van der Waals surface area contributed by atoms with E-state index in [-0.39, 0.29) is 17.1 Å². The zero-order valence-corrected chi connectivity index (χ0v) is 12.5. The smallest absolute Gasteiger partial charge is 0.343 e. The summed E-state index contributed by atoms with van der Waals surface area (Å²) < 4.78 is 5.67. The largest absolute Gasteiger partial charge is 0.378 e. The fraction of sp³-hybridized carbons (Fsp3) is 0.929. The van der Waals surface area contributed by atoms with Gasteiger partial charge in [0, 0.05) is 37.8 Å². The number of likely N-dealkylation sites (tertiary alicyclic amines) is 1. The lowest BCUT2D eigenvalue weighted by Gasteiger charge is -2.51. The molecule has 3 aliphatic heterocycles. The second kappa shape index (κ2) is 4.86. The van der Waals surface area contributed by atoms with Crippen LogP contribution in [-0.2, 0) is 4.74 Å². The molecule has 0 aromatic carbocycles. The number of morpholine rings is 1. The molecule has 1 spiro atoms. The molecule has 6 nitrogen and oxygen atoms in total. The number of piperidine rings is 1. The van der Waals surface area contributed by atoms with Crippen molar-refractivity contribution in [3.05, 3.63) is 0 Å². The van der Waals surface area contributed by atoms with E-state index in [0.717, 1.165) is 45.7 Å². The predicted molar refractivity (Wildman–Crippen MR) is 73.6 cm³/mol. The van der Waals surface area contributed by atoms with Crippen molar-refractivity contribution < 1.29 is 14.7 Å². The molecule has 114 valence electrons. The summed E-state index contributed by atoms with van der Waals surface area (Å²) in [7, 11) is 1.39.